The van der Waals surface area contributed by atoms with E-state index in [-0.39, 0.29) is 11.9 Å². The van der Waals surface area contributed by atoms with E-state index in [9.17, 15) is 5.11 Å². The fourth-order valence-electron chi connectivity index (χ4n) is 3.02. The molecule has 0 saturated carbocycles. The van der Waals surface area contributed by atoms with Crippen LogP contribution in [-0.4, -0.2) is 58.0 Å². The van der Waals surface area contributed by atoms with Crippen molar-refractivity contribution >= 4 is 16.3 Å². The molecule has 1 aliphatic rings. The van der Waals surface area contributed by atoms with E-state index in [1.165, 1.54) is 22.2 Å². The monoisotopic (exact) mass is 346 g/mol. The fourth-order valence-corrected chi connectivity index (χ4v) is 4.11. The lowest BCUT2D eigenvalue weighted by atomic mass is 10.0. The van der Waals surface area contributed by atoms with Crippen LogP contribution in [0.3, 0.4) is 0 Å². The summed E-state index contributed by atoms with van der Waals surface area (Å²) in [6, 6.07) is 7.89. The van der Waals surface area contributed by atoms with Crippen molar-refractivity contribution in [3.05, 3.63) is 41.0 Å². The number of methoxy groups -OCH3 is 1. The summed E-state index contributed by atoms with van der Waals surface area (Å²) >= 11 is 1.46. The molecule has 24 heavy (non-hydrogen) atoms. The summed E-state index contributed by atoms with van der Waals surface area (Å²) in [6.45, 7) is 3.00. The molecular formula is C16H18N4O3S. The first kappa shape index (κ1) is 15.4. The van der Waals surface area contributed by atoms with Gasteiger partial charge in [-0.2, -0.15) is 9.61 Å². The molecule has 0 aliphatic carbocycles. The number of thiazole rings is 1. The molecule has 8 heteroatoms. The first-order chi connectivity index (χ1) is 11.8. The molecule has 1 fully saturated rings. The van der Waals surface area contributed by atoms with Gasteiger partial charge in [0.15, 0.2) is 0 Å². The Morgan fingerprint density at radius 2 is 2.00 bits per heavy atom. The van der Waals surface area contributed by atoms with E-state index < -0.39 is 0 Å². The average Bonchev–Trinajstić information content (AvgIpc) is 3.21. The Balaban J connectivity index is 1.79. The number of fused-ring (bicyclic) bond motifs is 1. The third-order valence-corrected chi connectivity index (χ3v) is 5.32. The standard InChI is InChI=1S/C16H18N4O3S/c1-22-12-4-2-11(3-5-12)13(19-6-8-23-9-7-19)14-15(21)20-16(24-14)17-10-18-20/h2-5,10,13,21H,6-9H2,1H3. The van der Waals surface area contributed by atoms with Gasteiger partial charge < -0.3 is 14.6 Å². The summed E-state index contributed by atoms with van der Waals surface area (Å²) < 4.78 is 12.2. The highest BCUT2D eigenvalue weighted by atomic mass is 32.1. The second-order valence-electron chi connectivity index (χ2n) is 5.57. The van der Waals surface area contributed by atoms with Gasteiger partial charge in [-0.1, -0.05) is 23.5 Å². The predicted molar refractivity (Wildman–Crippen MR) is 89.8 cm³/mol. The molecule has 3 heterocycles. The van der Waals surface area contributed by atoms with Crippen LogP contribution in [0.25, 0.3) is 4.96 Å². The van der Waals surface area contributed by atoms with Crippen LogP contribution < -0.4 is 4.74 Å². The fraction of sp³-hybridized carbons (Fsp3) is 0.375. The van der Waals surface area contributed by atoms with Gasteiger partial charge in [0.25, 0.3) is 0 Å². The highest BCUT2D eigenvalue weighted by molar-refractivity contribution is 7.17. The first-order valence-corrected chi connectivity index (χ1v) is 8.56. The van der Waals surface area contributed by atoms with Crippen LogP contribution in [0.2, 0.25) is 0 Å². The van der Waals surface area contributed by atoms with E-state index in [1.807, 2.05) is 24.3 Å². The second kappa shape index (κ2) is 6.39. The summed E-state index contributed by atoms with van der Waals surface area (Å²) in [4.78, 5) is 8.05. The maximum atomic E-state index is 10.6. The van der Waals surface area contributed by atoms with Gasteiger partial charge in [-0.25, -0.2) is 4.98 Å². The van der Waals surface area contributed by atoms with Gasteiger partial charge in [0, 0.05) is 13.1 Å². The number of hydrogen-bond donors (Lipinski definition) is 1. The van der Waals surface area contributed by atoms with Crippen molar-refractivity contribution in [2.24, 2.45) is 0 Å². The average molecular weight is 346 g/mol. The SMILES string of the molecule is COc1ccc(C(c2sc3ncnn3c2O)N2CCOCC2)cc1. The van der Waals surface area contributed by atoms with Crippen molar-refractivity contribution in [1.29, 1.82) is 0 Å². The maximum absolute atomic E-state index is 10.6. The van der Waals surface area contributed by atoms with E-state index in [4.69, 9.17) is 9.47 Å². The summed E-state index contributed by atoms with van der Waals surface area (Å²) in [7, 11) is 1.65. The van der Waals surface area contributed by atoms with E-state index in [2.05, 4.69) is 15.0 Å². The van der Waals surface area contributed by atoms with Crippen LogP contribution in [0.5, 0.6) is 11.6 Å². The van der Waals surface area contributed by atoms with E-state index in [0.717, 1.165) is 29.3 Å². The van der Waals surface area contributed by atoms with Gasteiger partial charge in [-0.3, -0.25) is 4.90 Å². The van der Waals surface area contributed by atoms with Crippen molar-refractivity contribution in [3.8, 4) is 11.6 Å². The minimum absolute atomic E-state index is 0.0618. The molecule has 0 amide bonds. The van der Waals surface area contributed by atoms with Crippen LogP contribution in [0, 0.1) is 0 Å². The van der Waals surface area contributed by atoms with Crippen LogP contribution in [0.1, 0.15) is 16.5 Å². The minimum atomic E-state index is -0.0618. The van der Waals surface area contributed by atoms with Gasteiger partial charge in [0.1, 0.15) is 12.1 Å². The number of aromatic hydroxyl groups is 1. The van der Waals surface area contributed by atoms with E-state index >= 15 is 0 Å². The zero-order valence-corrected chi connectivity index (χ0v) is 14.1. The van der Waals surface area contributed by atoms with Gasteiger partial charge in [0.2, 0.25) is 10.8 Å². The first-order valence-electron chi connectivity index (χ1n) is 7.75. The molecule has 0 spiro atoms. The number of nitrogens with zero attached hydrogens (tertiary/aromatic N) is 4. The van der Waals surface area contributed by atoms with E-state index in [0.29, 0.717) is 18.2 Å². The molecule has 0 bridgehead atoms. The Kier molecular flexibility index (Phi) is 4.09. The van der Waals surface area contributed by atoms with Gasteiger partial charge in [0.05, 0.1) is 31.2 Å². The molecule has 1 aliphatic heterocycles. The van der Waals surface area contributed by atoms with Crippen molar-refractivity contribution < 1.29 is 14.6 Å². The molecule has 1 atom stereocenters. The topological polar surface area (TPSA) is 72.1 Å². The Morgan fingerprint density at radius 3 is 2.67 bits per heavy atom. The van der Waals surface area contributed by atoms with Gasteiger partial charge >= 0.3 is 0 Å². The summed E-state index contributed by atoms with van der Waals surface area (Å²) in [6.07, 6.45) is 1.45. The highest BCUT2D eigenvalue weighted by Gasteiger charge is 2.30. The van der Waals surface area contributed by atoms with Crippen LogP contribution in [0.15, 0.2) is 30.6 Å². The summed E-state index contributed by atoms with van der Waals surface area (Å²) in [5, 5.41) is 14.7. The van der Waals surface area contributed by atoms with Crippen molar-refractivity contribution in [2.75, 3.05) is 33.4 Å². The molecule has 3 aromatic rings. The Hall–Kier alpha value is -2.16. The lowest BCUT2D eigenvalue weighted by Crippen LogP contribution is -2.39. The largest absolute Gasteiger partial charge is 0.497 e. The predicted octanol–water partition coefficient (Wildman–Crippen LogP) is 1.93. The third-order valence-electron chi connectivity index (χ3n) is 4.23. The Morgan fingerprint density at radius 1 is 1.25 bits per heavy atom. The van der Waals surface area contributed by atoms with Crippen LogP contribution in [0.4, 0.5) is 0 Å². The zero-order valence-electron chi connectivity index (χ0n) is 13.3. The Bertz CT molecular complexity index is 824. The molecule has 126 valence electrons. The van der Waals surface area contributed by atoms with Crippen molar-refractivity contribution in [2.45, 2.75) is 6.04 Å². The number of rotatable bonds is 4. The number of ether oxygens (including phenoxy) is 2. The van der Waals surface area contributed by atoms with Gasteiger partial charge in [-0.05, 0) is 17.7 Å². The lowest BCUT2D eigenvalue weighted by molar-refractivity contribution is 0.0241. The quantitative estimate of drug-likeness (QED) is 0.778. The highest BCUT2D eigenvalue weighted by Crippen LogP contribution is 2.40. The minimum Gasteiger partial charge on any atom is -0.497 e. The molecule has 1 saturated heterocycles. The smallest absolute Gasteiger partial charge is 0.230 e. The Labute approximate surface area is 143 Å². The molecule has 1 N–H and O–H groups in total. The van der Waals surface area contributed by atoms with Crippen molar-refractivity contribution in [1.82, 2.24) is 19.5 Å². The molecule has 7 nitrogen and oxygen atoms in total. The maximum Gasteiger partial charge on any atom is 0.230 e. The van der Waals surface area contributed by atoms with E-state index in [1.54, 1.807) is 7.11 Å². The van der Waals surface area contributed by atoms with Crippen LogP contribution >= 0.6 is 11.3 Å². The molecular weight excluding hydrogens is 328 g/mol. The molecule has 1 unspecified atom stereocenters. The molecule has 2 aromatic heterocycles. The van der Waals surface area contributed by atoms with Crippen LogP contribution in [-0.2, 0) is 4.74 Å². The summed E-state index contributed by atoms with van der Waals surface area (Å²) in [5.41, 5.74) is 1.09. The van der Waals surface area contributed by atoms with Gasteiger partial charge in [-0.15, -0.1) is 0 Å². The lowest BCUT2D eigenvalue weighted by Gasteiger charge is -2.34. The molecule has 0 radical (unpaired) electrons. The number of hydrogen-bond acceptors (Lipinski definition) is 7. The normalized spacial score (nSPS) is 17.2. The molecule has 4 rings (SSSR count). The second-order valence-corrected chi connectivity index (χ2v) is 6.58. The number of aromatic nitrogens is 3. The molecule has 1 aromatic carbocycles. The number of benzene rings is 1. The third kappa shape index (κ3) is 2.62. The number of morpholine rings is 1. The van der Waals surface area contributed by atoms with Crippen molar-refractivity contribution in [3.63, 3.8) is 0 Å². The zero-order chi connectivity index (χ0) is 16.5. The summed E-state index contributed by atoms with van der Waals surface area (Å²) in [5.74, 6) is 0.964.